The predicted octanol–water partition coefficient (Wildman–Crippen LogP) is 3.20. The fourth-order valence-electron chi connectivity index (χ4n) is 2.19. The van der Waals surface area contributed by atoms with E-state index in [1.54, 1.807) is 22.7 Å². The van der Waals surface area contributed by atoms with E-state index in [4.69, 9.17) is 11.6 Å². The zero-order valence-electron chi connectivity index (χ0n) is 11.4. The van der Waals surface area contributed by atoms with Crippen molar-refractivity contribution < 1.29 is 4.79 Å². The van der Waals surface area contributed by atoms with Crippen molar-refractivity contribution in [1.82, 2.24) is 14.4 Å². The molecule has 1 N–H and O–H groups in total. The van der Waals surface area contributed by atoms with Crippen molar-refractivity contribution in [3.05, 3.63) is 59.3 Å². The fourth-order valence-corrected chi connectivity index (χ4v) is 2.36. The van der Waals surface area contributed by atoms with Crippen LogP contribution < -0.4 is 5.32 Å². The summed E-state index contributed by atoms with van der Waals surface area (Å²) in [5.41, 5.74) is 2.50. The van der Waals surface area contributed by atoms with Crippen molar-refractivity contribution in [3.63, 3.8) is 0 Å². The van der Waals surface area contributed by atoms with E-state index in [1.165, 1.54) is 0 Å². The second kappa shape index (κ2) is 5.54. The molecule has 1 amide bonds. The van der Waals surface area contributed by atoms with Gasteiger partial charge in [-0.15, -0.1) is 0 Å². The van der Waals surface area contributed by atoms with Crippen molar-refractivity contribution in [2.75, 3.05) is 5.32 Å². The van der Waals surface area contributed by atoms with Crippen molar-refractivity contribution in [2.24, 2.45) is 0 Å². The van der Waals surface area contributed by atoms with E-state index in [0.29, 0.717) is 17.8 Å². The number of hydrogen-bond acceptors (Lipinski definition) is 3. The fraction of sp³-hybridized carbons (Fsp3) is 0.133. The van der Waals surface area contributed by atoms with Crippen molar-refractivity contribution >= 4 is 28.8 Å². The van der Waals surface area contributed by atoms with E-state index in [9.17, 15) is 4.79 Å². The number of amides is 1. The molecule has 0 fully saturated rings. The smallest absolute Gasteiger partial charge is 0.274 e. The molecule has 21 heavy (non-hydrogen) atoms. The summed E-state index contributed by atoms with van der Waals surface area (Å²) < 4.78 is 1.78. The number of pyridine rings is 2. The Labute approximate surface area is 126 Å². The Balaban J connectivity index is 2.03. The Morgan fingerprint density at radius 2 is 2.19 bits per heavy atom. The van der Waals surface area contributed by atoms with Crippen LogP contribution in [0.25, 0.3) is 5.65 Å². The maximum absolute atomic E-state index is 12.6. The monoisotopic (exact) mass is 300 g/mol. The Bertz CT molecular complexity index is 812. The highest BCUT2D eigenvalue weighted by atomic mass is 35.5. The van der Waals surface area contributed by atoms with Gasteiger partial charge in [-0.05, 0) is 30.7 Å². The van der Waals surface area contributed by atoms with Gasteiger partial charge < -0.3 is 5.32 Å². The van der Waals surface area contributed by atoms with E-state index in [0.717, 1.165) is 11.3 Å². The van der Waals surface area contributed by atoms with E-state index in [2.05, 4.69) is 15.3 Å². The lowest BCUT2D eigenvalue weighted by atomic mass is 10.2. The Morgan fingerprint density at radius 1 is 1.33 bits per heavy atom. The molecule has 0 aromatic carbocycles. The van der Waals surface area contributed by atoms with Crippen molar-refractivity contribution in [3.8, 4) is 0 Å². The average Bonchev–Trinajstić information content (AvgIpc) is 2.88. The van der Waals surface area contributed by atoms with Crippen LogP contribution in [0, 0.1) is 0 Å². The first kappa shape index (κ1) is 13.6. The number of halogens is 1. The summed E-state index contributed by atoms with van der Waals surface area (Å²) in [6.07, 6.45) is 4.07. The van der Waals surface area contributed by atoms with Crippen LogP contribution in [0.1, 0.15) is 23.1 Å². The molecule has 0 aliphatic rings. The van der Waals surface area contributed by atoms with Gasteiger partial charge in [0.15, 0.2) is 5.15 Å². The largest absolute Gasteiger partial charge is 0.318 e. The molecule has 3 aromatic heterocycles. The minimum absolute atomic E-state index is 0.250. The third-order valence-electron chi connectivity index (χ3n) is 3.16. The number of aryl methyl sites for hydroxylation is 1. The molecular formula is C15H13ClN4O. The maximum atomic E-state index is 12.6. The molecule has 3 aromatic rings. The molecule has 0 atom stereocenters. The third kappa shape index (κ3) is 2.48. The minimum Gasteiger partial charge on any atom is -0.318 e. The van der Waals surface area contributed by atoms with E-state index in [1.807, 2.05) is 31.3 Å². The number of aromatic nitrogens is 3. The van der Waals surface area contributed by atoms with Crippen LogP contribution in [0.15, 0.2) is 42.7 Å². The summed E-state index contributed by atoms with van der Waals surface area (Å²) in [4.78, 5) is 21.0. The first-order chi connectivity index (χ1) is 10.2. The van der Waals surface area contributed by atoms with Crippen LogP contribution in [0.3, 0.4) is 0 Å². The minimum atomic E-state index is -0.250. The molecule has 0 saturated heterocycles. The number of hydrogen-bond donors (Lipinski definition) is 1. The summed E-state index contributed by atoms with van der Waals surface area (Å²) in [5.74, 6) is -0.250. The normalized spacial score (nSPS) is 10.8. The molecule has 0 unspecified atom stereocenters. The Kier molecular flexibility index (Phi) is 3.58. The zero-order chi connectivity index (χ0) is 14.8. The molecule has 0 spiro atoms. The average molecular weight is 301 g/mol. The number of imidazole rings is 1. The molecule has 3 heterocycles. The Hall–Kier alpha value is -2.40. The SMILES string of the molecule is CCc1nc2ccccn2c1C(=O)Nc1cccnc1Cl. The molecule has 0 aliphatic carbocycles. The summed E-state index contributed by atoms with van der Waals surface area (Å²) in [7, 11) is 0. The molecular weight excluding hydrogens is 288 g/mol. The van der Waals surface area contributed by atoms with E-state index < -0.39 is 0 Å². The molecule has 0 radical (unpaired) electrons. The van der Waals surface area contributed by atoms with Gasteiger partial charge in [0.25, 0.3) is 5.91 Å². The number of rotatable bonds is 3. The lowest BCUT2D eigenvalue weighted by molar-refractivity contribution is 0.102. The summed E-state index contributed by atoms with van der Waals surface area (Å²) in [6, 6.07) is 9.05. The molecule has 106 valence electrons. The molecule has 5 nitrogen and oxygen atoms in total. The number of anilines is 1. The zero-order valence-corrected chi connectivity index (χ0v) is 12.1. The van der Waals surface area contributed by atoms with Gasteiger partial charge in [0.05, 0.1) is 11.4 Å². The lowest BCUT2D eigenvalue weighted by Crippen LogP contribution is -2.16. The topological polar surface area (TPSA) is 59.3 Å². The number of carbonyl (C=O) groups excluding carboxylic acids is 1. The van der Waals surface area contributed by atoms with E-state index >= 15 is 0 Å². The van der Waals surface area contributed by atoms with Gasteiger partial charge in [-0.3, -0.25) is 9.20 Å². The molecule has 3 rings (SSSR count). The van der Waals surface area contributed by atoms with Gasteiger partial charge in [-0.2, -0.15) is 0 Å². The van der Waals surface area contributed by atoms with Crippen molar-refractivity contribution in [2.45, 2.75) is 13.3 Å². The van der Waals surface area contributed by atoms with Crippen LogP contribution in [0.5, 0.6) is 0 Å². The van der Waals surface area contributed by atoms with Crippen LogP contribution in [-0.4, -0.2) is 20.3 Å². The highest BCUT2D eigenvalue weighted by molar-refractivity contribution is 6.32. The third-order valence-corrected chi connectivity index (χ3v) is 3.46. The van der Waals surface area contributed by atoms with Gasteiger partial charge in [0.1, 0.15) is 11.3 Å². The molecule has 0 bridgehead atoms. The number of nitrogens with zero attached hydrogens (tertiary/aromatic N) is 3. The molecule has 6 heteroatoms. The number of fused-ring (bicyclic) bond motifs is 1. The molecule has 0 saturated carbocycles. The van der Waals surface area contributed by atoms with Gasteiger partial charge in [0.2, 0.25) is 0 Å². The number of nitrogens with one attached hydrogen (secondary N) is 1. The first-order valence-corrected chi connectivity index (χ1v) is 6.96. The molecule has 0 aliphatic heterocycles. The second-order valence-corrected chi connectivity index (χ2v) is 4.84. The highest BCUT2D eigenvalue weighted by Crippen LogP contribution is 2.20. The van der Waals surface area contributed by atoms with Crippen LogP contribution in [0.2, 0.25) is 5.15 Å². The predicted molar refractivity (Wildman–Crippen MR) is 81.8 cm³/mol. The second-order valence-electron chi connectivity index (χ2n) is 4.49. The lowest BCUT2D eigenvalue weighted by Gasteiger charge is -2.07. The van der Waals surface area contributed by atoms with E-state index in [-0.39, 0.29) is 11.1 Å². The summed E-state index contributed by atoms with van der Waals surface area (Å²) in [5, 5.41) is 3.05. The van der Waals surface area contributed by atoms with Gasteiger partial charge in [-0.1, -0.05) is 24.6 Å². The van der Waals surface area contributed by atoms with Crippen LogP contribution >= 0.6 is 11.6 Å². The first-order valence-electron chi connectivity index (χ1n) is 6.58. The summed E-state index contributed by atoms with van der Waals surface area (Å²) in [6.45, 7) is 1.97. The van der Waals surface area contributed by atoms with Crippen LogP contribution in [0.4, 0.5) is 5.69 Å². The van der Waals surface area contributed by atoms with Crippen LogP contribution in [-0.2, 0) is 6.42 Å². The van der Waals surface area contributed by atoms with Crippen molar-refractivity contribution in [1.29, 1.82) is 0 Å². The van der Waals surface area contributed by atoms with Gasteiger partial charge in [-0.25, -0.2) is 9.97 Å². The number of carbonyl (C=O) groups is 1. The maximum Gasteiger partial charge on any atom is 0.274 e. The Morgan fingerprint density at radius 3 is 2.95 bits per heavy atom. The van der Waals surface area contributed by atoms with Gasteiger partial charge >= 0.3 is 0 Å². The highest BCUT2D eigenvalue weighted by Gasteiger charge is 2.18. The van der Waals surface area contributed by atoms with Gasteiger partial charge in [0, 0.05) is 12.4 Å². The standard InChI is InChI=1S/C15H13ClN4O/c1-2-10-13(20-9-4-3-7-12(20)18-10)15(21)19-11-6-5-8-17-14(11)16/h3-9H,2H2,1H3,(H,19,21). The summed E-state index contributed by atoms with van der Waals surface area (Å²) >= 11 is 5.97. The quantitative estimate of drug-likeness (QED) is 0.756.